The van der Waals surface area contributed by atoms with Gasteiger partial charge in [0.15, 0.2) is 0 Å². The zero-order valence-corrected chi connectivity index (χ0v) is 13.2. The third kappa shape index (κ3) is 1.27. The molecule has 2 aromatic rings. The van der Waals surface area contributed by atoms with Crippen molar-refractivity contribution in [1.29, 1.82) is 0 Å². The number of nitrogens with zero attached hydrogens (tertiary/aromatic N) is 1. The largest absolute Gasteiger partial charge is 0.356 e. The van der Waals surface area contributed by atoms with Crippen molar-refractivity contribution >= 4 is 16.8 Å². The number of hydrogen-bond donors (Lipinski definition) is 1. The topological polar surface area (TPSA) is 36.1 Å². The van der Waals surface area contributed by atoms with E-state index < -0.39 is 0 Å². The first kappa shape index (κ1) is 12.7. The van der Waals surface area contributed by atoms with E-state index in [0.717, 1.165) is 25.8 Å². The minimum atomic E-state index is -0.0531. The van der Waals surface area contributed by atoms with Crippen molar-refractivity contribution in [3.8, 4) is 0 Å². The Morgan fingerprint density at radius 2 is 2.09 bits per heavy atom. The monoisotopic (exact) mass is 294 g/mol. The third-order valence-electron chi connectivity index (χ3n) is 6.79. The summed E-state index contributed by atoms with van der Waals surface area (Å²) in [7, 11) is 0. The molecule has 1 aromatic heterocycles. The van der Waals surface area contributed by atoms with Gasteiger partial charge in [-0.2, -0.15) is 0 Å². The number of para-hydroxylation sites is 1. The Morgan fingerprint density at radius 1 is 1.27 bits per heavy atom. The maximum Gasteiger partial charge on any atom is 0.223 e. The van der Waals surface area contributed by atoms with Gasteiger partial charge in [-0.25, -0.2) is 0 Å². The van der Waals surface area contributed by atoms with Crippen LogP contribution in [0.2, 0.25) is 0 Å². The van der Waals surface area contributed by atoms with Gasteiger partial charge in [-0.3, -0.25) is 4.79 Å². The average molecular weight is 294 g/mol. The SMILES string of the molecule is C[C@@H]1[C@@H](C)C[C@@]23c4[nH]c5ccccc5c4CCN2C(=O)C[C@@H]13. The first-order valence-electron chi connectivity index (χ1n) is 8.53. The summed E-state index contributed by atoms with van der Waals surface area (Å²) >= 11 is 0. The molecule has 2 aliphatic heterocycles. The molecule has 2 fully saturated rings. The van der Waals surface area contributed by atoms with Gasteiger partial charge in [0.25, 0.3) is 0 Å². The Labute approximate surface area is 130 Å². The number of nitrogens with one attached hydrogen (secondary N) is 1. The van der Waals surface area contributed by atoms with Gasteiger partial charge in [-0.1, -0.05) is 32.0 Å². The van der Waals surface area contributed by atoms with Crippen LogP contribution in [-0.2, 0) is 16.8 Å². The smallest absolute Gasteiger partial charge is 0.223 e. The van der Waals surface area contributed by atoms with Crippen molar-refractivity contribution < 1.29 is 4.79 Å². The predicted molar refractivity (Wildman–Crippen MR) is 86.4 cm³/mol. The number of H-pyrrole nitrogens is 1. The molecule has 1 saturated carbocycles. The van der Waals surface area contributed by atoms with Gasteiger partial charge in [0.05, 0.1) is 5.54 Å². The maximum atomic E-state index is 12.6. The molecule has 1 spiro atoms. The summed E-state index contributed by atoms with van der Waals surface area (Å²) in [6.07, 6.45) is 2.84. The number of rotatable bonds is 0. The highest BCUT2D eigenvalue weighted by molar-refractivity contribution is 5.88. The summed E-state index contributed by atoms with van der Waals surface area (Å²) in [5.41, 5.74) is 4.00. The Balaban J connectivity index is 1.81. The second-order valence-corrected chi connectivity index (χ2v) is 7.59. The van der Waals surface area contributed by atoms with Crippen LogP contribution in [-0.4, -0.2) is 22.3 Å². The number of carbonyl (C=O) groups is 1. The molecule has 5 rings (SSSR count). The molecule has 114 valence electrons. The lowest BCUT2D eigenvalue weighted by Gasteiger charge is -2.43. The summed E-state index contributed by atoms with van der Waals surface area (Å²) < 4.78 is 0. The molecule has 0 unspecified atom stereocenters. The van der Waals surface area contributed by atoms with E-state index in [2.05, 4.69) is 48.0 Å². The minimum absolute atomic E-state index is 0.0531. The molecular formula is C19H22N2O. The lowest BCUT2D eigenvalue weighted by Crippen LogP contribution is -2.49. The normalized spacial score (nSPS) is 36.5. The molecule has 3 aliphatic rings. The minimum Gasteiger partial charge on any atom is -0.356 e. The van der Waals surface area contributed by atoms with Crippen molar-refractivity contribution in [3.05, 3.63) is 35.5 Å². The summed E-state index contributed by atoms with van der Waals surface area (Å²) in [5.74, 6) is 2.14. The van der Waals surface area contributed by atoms with Crippen LogP contribution in [0.15, 0.2) is 24.3 Å². The van der Waals surface area contributed by atoms with Crippen molar-refractivity contribution in [2.45, 2.75) is 38.6 Å². The second-order valence-electron chi connectivity index (χ2n) is 7.59. The number of aromatic nitrogens is 1. The second kappa shape index (κ2) is 3.95. The Bertz CT molecular complexity index is 792. The van der Waals surface area contributed by atoms with E-state index in [4.69, 9.17) is 0 Å². The van der Waals surface area contributed by atoms with Crippen molar-refractivity contribution in [2.75, 3.05) is 6.54 Å². The van der Waals surface area contributed by atoms with Crippen LogP contribution in [0.3, 0.4) is 0 Å². The standard InChI is InChI=1S/C19H22N2O/c1-11-10-19-15(12(11)2)9-17(22)21(19)8-7-14-13-5-3-4-6-16(13)20-18(14)19/h3-6,11-12,15,20H,7-10H2,1-2H3/t11-,12+,15-,19+/m0/s1. The quantitative estimate of drug-likeness (QED) is 0.794. The number of fused-ring (bicyclic) bond motifs is 3. The number of amides is 1. The van der Waals surface area contributed by atoms with Gasteiger partial charge >= 0.3 is 0 Å². The van der Waals surface area contributed by atoms with Gasteiger partial charge in [-0.05, 0) is 42.2 Å². The van der Waals surface area contributed by atoms with Crippen LogP contribution >= 0.6 is 0 Å². The number of hydrogen-bond acceptors (Lipinski definition) is 1. The van der Waals surface area contributed by atoms with Crippen LogP contribution in [0.25, 0.3) is 10.9 Å². The van der Waals surface area contributed by atoms with Crippen molar-refractivity contribution in [3.63, 3.8) is 0 Å². The summed E-state index contributed by atoms with van der Waals surface area (Å²) in [5, 5.41) is 1.36. The molecular weight excluding hydrogens is 272 g/mol. The zero-order valence-electron chi connectivity index (χ0n) is 13.2. The van der Waals surface area contributed by atoms with E-state index in [-0.39, 0.29) is 5.54 Å². The van der Waals surface area contributed by atoms with Crippen molar-refractivity contribution in [2.24, 2.45) is 17.8 Å². The van der Waals surface area contributed by atoms with Gasteiger partial charge < -0.3 is 9.88 Å². The highest BCUT2D eigenvalue weighted by atomic mass is 16.2. The lowest BCUT2D eigenvalue weighted by atomic mass is 9.78. The molecule has 1 amide bonds. The van der Waals surface area contributed by atoms with E-state index in [1.54, 1.807) is 0 Å². The highest BCUT2D eigenvalue weighted by Gasteiger charge is 2.63. The molecule has 1 aromatic carbocycles. The molecule has 22 heavy (non-hydrogen) atoms. The van der Waals surface area contributed by atoms with Crippen LogP contribution in [0.5, 0.6) is 0 Å². The number of carbonyl (C=O) groups excluding carboxylic acids is 1. The molecule has 3 heterocycles. The lowest BCUT2D eigenvalue weighted by molar-refractivity contribution is -0.132. The zero-order chi connectivity index (χ0) is 15.1. The first-order chi connectivity index (χ1) is 10.6. The van der Waals surface area contributed by atoms with Gasteiger partial charge in [0.1, 0.15) is 0 Å². The van der Waals surface area contributed by atoms with Crippen LogP contribution in [0, 0.1) is 17.8 Å². The fraction of sp³-hybridized carbons (Fsp3) is 0.526. The molecule has 3 nitrogen and oxygen atoms in total. The molecule has 1 N–H and O–H groups in total. The summed E-state index contributed by atoms with van der Waals surface area (Å²) in [4.78, 5) is 18.5. The van der Waals surface area contributed by atoms with E-state index >= 15 is 0 Å². The third-order valence-corrected chi connectivity index (χ3v) is 6.79. The molecule has 3 heteroatoms. The van der Waals surface area contributed by atoms with Crippen molar-refractivity contribution in [1.82, 2.24) is 9.88 Å². The average Bonchev–Trinajstić information content (AvgIpc) is 3.10. The van der Waals surface area contributed by atoms with E-state index in [1.165, 1.54) is 22.2 Å². The Morgan fingerprint density at radius 3 is 2.95 bits per heavy atom. The Hall–Kier alpha value is -1.77. The summed E-state index contributed by atoms with van der Waals surface area (Å²) in [6, 6.07) is 8.61. The predicted octanol–water partition coefficient (Wildman–Crippen LogP) is 3.44. The molecule has 1 saturated heterocycles. The molecule has 1 aliphatic carbocycles. The fourth-order valence-corrected chi connectivity index (χ4v) is 5.65. The van der Waals surface area contributed by atoms with Gasteiger partial charge in [0.2, 0.25) is 5.91 Å². The molecule has 0 radical (unpaired) electrons. The maximum absolute atomic E-state index is 12.6. The number of aromatic amines is 1. The fourth-order valence-electron chi connectivity index (χ4n) is 5.65. The van der Waals surface area contributed by atoms with E-state index in [1.807, 2.05) is 0 Å². The van der Waals surface area contributed by atoms with Crippen LogP contribution in [0.4, 0.5) is 0 Å². The van der Waals surface area contributed by atoms with Crippen LogP contribution < -0.4 is 0 Å². The first-order valence-corrected chi connectivity index (χ1v) is 8.53. The van der Waals surface area contributed by atoms with Gasteiger partial charge in [-0.15, -0.1) is 0 Å². The van der Waals surface area contributed by atoms with Crippen LogP contribution in [0.1, 0.15) is 37.9 Å². The molecule has 4 atom stereocenters. The van der Waals surface area contributed by atoms with Gasteiger partial charge in [0, 0.05) is 29.6 Å². The number of benzene rings is 1. The van der Waals surface area contributed by atoms with E-state index in [9.17, 15) is 4.79 Å². The van der Waals surface area contributed by atoms with E-state index in [0.29, 0.717) is 23.7 Å². The summed E-state index contributed by atoms with van der Waals surface area (Å²) in [6.45, 7) is 5.60. The highest BCUT2D eigenvalue weighted by Crippen LogP contribution is 2.60. The Kier molecular flexibility index (Phi) is 2.29. The molecule has 0 bridgehead atoms.